The molecule has 0 fully saturated rings. The van der Waals surface area contributed by atoms with Crippen molar-refractivity contribution >= 4 is 48.0 Å². The number of anilines is 3. The standard InChI is InChI=1S/C13H16N6O3.2ClH/c1-15-12-11(19(20)21)8-16-13(18-12)17-9-2-4-10(5-3-9)22-7-6-14;;/h2-5,8H,6-7,14H2,1H3,(H2,15,16,17,18);2*1H. The van der Waals surface area contributed by atoms with Gasteiger partial charge in [-0.15, -0.1) is 24.8 Å². The highest BCUT2D eigenvalue weighted by Crippen LogP contribution is 2.23. The Balaban J connectivity index is 0.00000264. The molecule has 2 rings (SSSR count). The highest BCUT2D eigenvalue weighted by Gasteiger charge is 2.15. The molecule has 4 N–H and O–H groups in total. The van der Waals surface area contributed by atoms with Gasteiger partial charge in [0.2, 0.25) is 11.8 Å². The average Bonchev–Trinajstić information content (AvgIpc) is 2.54. The Morgan fingerprint density at radius 1 is 1.29 bits per heavy atom. The third kappa shape index (κ3) is 5.69. The minimum Gasteiger partial charge on any atom is -0.492 e. The number of nitrogens with two attached hydrogens (primary N) is 1. The molecule has 0 atom stereocenters. The van der Waals surface area contributed by atoms with E-state index < -0.39 is 4.92 Å². The second kappa shape index (κ2) is 10.4. The van der Waals surface area contributed by atoms with Crippen LogP contribution in [0.15, 0.2) is 30.5 Å². The van der Waals surface area contributed by atoms with Crippen LogP contribution in [0.3, 0.4) is 0 Å². The van der Waals surface area contributed by atoms with Crippen molar-refractivity contribution in [2.45, 2.75) is 0 Å². The number of ether oxygens (including phenoxy) is 1. The summed E-state index contributed by atoms with van der Waals surface area (Å²) in [5, 5.41) is 16.5. The molecule has 0 saturated heterocycles. The second-order valence-electron chi connectivity index (χ2n) is 4.22. The van der Waals surface area contributed by atoms with Crippen molar-refractivity contribution in [2.75, 3.05) is 30.8 Å². The number of nitrogens with one attached hydrogen (secondary N) is 2. The minimum absolute atomic E-state index is 0. The van der Waals surface area contributed by atoms with Gasteiger partial charge in [-0.05, 0) is 24.3 Å². The van der Waals surface area contributed by atoms with Gasteiger partial charge in [0.15, 0.2) is 0 Å². The molecule has 9 nitrogen and oxygen atoms in total. The molecule has 132 valence electrons. The van der Waals surface area contributed by atoms with Gasteiger partial charge in [-0.1, -0.05) is 0 Å². The molecule has 0 spiro atoms. The summed E-state index contributed by atoms with van der Waals surface area (Å²) in [5.74, 6) is 1.10. The van der Waals surface area contributed by atoms with Gasteiger partial charge in [0.25, 0.3) is 0 Å². The summed E-state index contributed by atoms with van der Waals surface area (Å²) in [6.45, 7) is 0.896. The van der Waals surface area contributed by atoms with E-state index in [1.807, 2.05) is 0 Å². The first kappa shape index (κ1) is 21.6. The maximum Gasteiger partial charge on any atom is 0.329 e. The third-order valence-electron chi connectivity index (χ3n) is 2.70. The summed E-state index contributed by atoms with van der Waals surface area (Å²) in [6.07, 6.45) is 1.15. The van der Waals surface area contributed by atoms with Crippen molar-refractivity contribution in [1.29, 1.82) is 0 Å². The van der Waals surface area contributed by atoms with Crippen LogP contribution >= 0.6 is 24.8 Å². The third-order valence-corrected chi connectivity index (χ3v) is 2.70. The number of rotatable bonds is 7. The number of hydrogen-bond donors (Lipinski definition) is 3. The summed E-state index contributed by atoms with van der Waals surface area (Å²) in [6, 6.07) is 7.13. The summed E-state index contributed by atoms with van der Waals surface area (Å²) >= 11 is 0. The number of benzene rings is 1. The number of nitro groups is 1. The second-order valence-corrected chi connectivity index (χ2v) is 4.22. The molecule has 1 heterocycles. The maximum absolute atomic E-state index is 10.8. The molecular formula is C13H18Cl2N6O3. The Bertz CT molecular complexity index is 657. The van der Waals surface area contributed by atoms with Crippen LogP contribution in [0, 0.1) is 10.1 Å². The first-order valence-corrected chi connectivity index (χ1v) is 6.53. The van der Waals surface area contributed by atoms with Crippen LogP contribution in [0.4, 0.5) is 23.1 Å². The van der Waals surface area contributed by atoms with E-state index in [1.54, 1.807) is 31.3 Å². The lowest BCUT2D eigenvalue weighted by atomic mass is 10.3. The van der Waals surface area contributed by atoms with Crippen LogP contribution in [0.5, 0.6) is 5.75 Å². The van der Waals surface area contributed by atoms with Gasteiger partial charge in [0, 0.05) is 19.3 Å². The molecule has 0 aliphatic rings. The average molecular weight is 377 g/mol. The van der Waals surface area contributed by atoms with Crippen LogP contribution in [-0.2, 0) is 0 Å². The number of hydrogen-bond acceptors (Lipinski definition) is 8. The topological polar surface area (TPSA) is 128 Å². The smallest absolute Gasteiger partial charge is 0.329 e. The van der Waals surface area contributed by atoms with Crippen LogP contribution in [0.25, 0.3) is 0 Å². The fraction of sp³-hybridized carbons (Fsp3) is 0.231. The maximum atomic E-state index is 10.8. The quantitative estimate of drug-likeness (QED) is 0.496. The van der Waals surface area contributed by atoms with Crippen LogP contribution in [0.2, 0.25) is 0 Å². The van der Waals surface area contributed by atoms with E-state index in [2.05, 4.69) is 20.6 Å². The van der Waals surface area contributed by atoms with Gasteiger partial charge >= 0.3 is 5.69 Å². The van der Waals surface area contributed by atoms with E-state index >= 15 is 0 Å². The molecule has 0 unspecified atom stereocenters. The molecule has 0 bridgehead atoms. The van der Waals surface area contributed by atoms with Crippen LogP contribution in [0.1, 0.15) is 0 Å². The lowest BCUT2D eigenvalue weighted by molar-refractivity contribution is -0.384. The van der Waals surface area contributed by atoms with E-state index in [0.717, 1.165) is 11.9 Å². The summed E-state index contributed by atoms with van der Waals surface area (Å²) in [4.78, 5) is 18.3. The lowest BCUT2D eigenvalue weighted by Crippen LogP contribution is -2.10. The number of halogens is 2. The molecule has 1 aromatic heterocycles. The largest absolute Gasteiger partial charge is 0.492 e. The molecule has 0 saturated carbocycles. The number of aromatic nitrogens is 2. The molecule has 0 aliphatic heterocycles. The normalized spacial score (nSPS) is 9.25. The molecular weight excluding hydrogens is 359 g/mol. The van der Waals surface area contributed by atoms with E-state index in [-0.39, 0.29) is 42.3 Å². The van der Waals surface area contributed by atoms with Crippen molar-refractivity contribution < 1.29 is 9.66 Å². The molecule has 0 amide bonds. The Morgan fingerprint density at radius 3 is 2.50 bits per heavy atom. The van der Waals surface area contributed by atoms with Gasteiger partial charge in [0.1, 0.15) is 18.6 Å². The fourth-order valence-electron chi connectivity index (χ4n) is 1.69. The van der Waals surface area contributed by atoms with Gasteiger partial charge in [0.05, 0.1) is 4.92 Å². The van der Waals surface area contributed by atoms with Gasteiger partial charge in [-0.25, -0.2) is 4.98 Å². The molecule has 0 aliphatic carbocycles. The Labute approximate surface area is 151 Å². The summed E-state index contributed by atoms with van der Waals surface area (Å²) < 4.78 is 5.37. The van der Waals surface area contributed by atoms with Crippen LogP contribution in [-0.4, -0.2) is 35.1 Å². The Morgan fingerprint density at radius 2 is 1.96 bits per heavy atom. The van der Waals surface area contributed by atoms with Gasteiger partial charge in [-0.3, -0.25) is 10.1 Å². The monoisotopic (exact) mass is 376 g/mol. The minimum atomic E-state index is -0.542. The predicted octanol–water partition coefficient (Wildman–Crippen LogP) is 2.35. The molecule has 1 aromatic carbocycles. The van der Waals surface area contributed by atoms with Gasteiger partial charge < -0.3 is 21.1 Å². The lowest BCUT2D eigenvalue weighted by Gasteiger charge is -2.08. The summed E-state index contributed by atoms with van der Waals surface area (Å²) in [5.41, 5.74) is 5.91. The zero-order valence-electron chi connectivity index (χ0n) is 12.8. The predicted molar refractivity (Wildman–Crippen MR) is 97.0 cm³/mol. The Hall–Kier alpha value is -2.36. The van der Waals surface area contributed by atoms with E-state index in [0.29, 0.717) is 18.9 Å². The van der Waals surface area contributed by atoms with Crippen LogP contribution < -0.4 is 21.1 Å². The molecule has 24 heavy (non-hydrogen) atoms. The molecule has 2 aromatic rings. The van der Waals surface area contributed by atoms with Gasteiger partial charge in [-0.2, -0.15) is 4.98 Å². The van der Waals surface area contributed by atoms with Crippen molar-refractivity contribution in [3.63, 3.8) is 0 Å². The zero-order chi connectivity index (χ0) is 15.9. The van der Waals surface area contributed by atoms with E-state index in [1.165, 1.54) is 0 Å². The highest BCUT2D eigenvalue weighted by atomic mass is 35.5. The van der Waals surface area contributed by atoms with Crippen molar-refractivity contribution in [2.24, 2.45) is 5.73 Å². The molecule has 11 heteroatoms. The SMILES string of the molecule is CNc1nc(Nc2ccc(OCCN)cc2)ncc1[N+](=O)[O-].Cl.Cl. The zero-order valence-corrected chi connectivity index (χ0v) is 14.4. The Kier molecular flexibility index (Phi) is 9.40. The van der Waals surface area contributed by atoms with Crippen molar-refractivity contribution in [3.05, 3.63) is 40.6 Å². The first-order valence-electron chi connectivity index (χ1n) is 6.53. The van der Waals surface area contributed by atoms with E-state index in [4.69, 9.17) is 10.5 Å². The molecule has 0 radical (unpaired) electrons. The van der Waals surface area contributed by atoms with Crippen molar-refractivity contribution in [1.82, 2.24) is 9.97 Å². The van der Waals surface area contributed by atoms with Crippen molar-refractivity contribution in [3.8, 4) is 5.75 Å². The highest BCUT2D eigenvalue weighted by molar-refractivity contribution is 5.85. The number of nitrogens with zero attached hydrogens (tertiary/aromatic N) is 3. The fourth-order valence-corrected chi connectivity index (χ4v) is 1.69. The van der Waals surface area contributed by atoms with E-state index in [9.17, 15) is 10.1 Å². The first-order chi connectivity index (χ1) is 10.6. The summed E-state index contributed by atoms with van der Waals surface area (Å²) in [7, 11) is 1.56.